The van der Waals surface area contributed by atoms with E-state index >= 15 is 0 Å². The second-order valence-corrected chi connectivity index (χ2v) is 9.73. The first kappa shape index (κ1) is 22.7. The first-order chi connectivity index (χ1) is 16.6. The monoisotopic (exact) mass is 483 g/mol. The zero-order chi connectivity index (χ0) is 23.5. The molecule has 0 aliphatic carbocycles. The lowest BCUT2D eigenvalue weighted by atomic mass is 10.1. The topological polar surface area (TPSA) is 71.6 Å². The first-order valence-corrected chi connectivity index (χ1v) is 12.8. The predicted octanol–water partition coefficient (Wildman–Crippen LogP) is 3.76. The Kier molecular flexibility index (Phi) is 6.71. The van der Waals surface area contributed by atoms with E-state index in [0.29, 0.717) is 38.0 Å². The molecule has 0 N–H and O–H groups in total. The summed E-state index contributed by atoms with van der Waals surface area (Å²) in [4.78, 5) is 31.3. The summed E-state index contributed by atoms with van der Waals surface area (Å²) in [7, 11) is 0. The average Bonchev–Trinajstić information content (AvgIpc) is 3.37. The Balaban J connectivity index is 1.16. The second kappa shape index (κ2) is 10.0. The molecule has 3 heterocycles. The molecule has 8 nitrogen and oxygen atoms in total. The van der Waals surface area contributed by atoms with Gasteiger partial charge in [0.25, 0.3) is 0 Å². The van der Waals surface area contributed by atoms with Gasteiger partial charge < -0.3 is 24.0 Å². The van der Waals surface area contributed by atoms with Gasteiger partial charge in [0.15, 0.2) is 11.5 Å². The van der Waals surface area contributed by atoms with Gasteiger partial charge >= 0.3 is 6.03 Å². The van der Waals surface area contributed by atoms with E-state index < -0.39 is 0 Å². The van der Waals surface area contributed by atoms with E-state index in [2.05, 4.69) is 12.1 Å². The van der Waals surface area contributed by atoms with Gasteiger partial charge in [-0.15, -0.1) is 0 Å². The molecule has 2 fully saturated rings. The van der Waals surface area contributed by atoms with E-state index in [1.54, 1.807) is 9.80 Å². The maximum absolute atomic E-state index is 13.1. The summed E-state index contributed by atoms with van der Waals surface area (Å²) in [5, 5.41) is 0.302. The van der Waals surface area contributed by atoms with Gasteiger partial charge in [0.1, 0.15) is 12.3 Å². The number of ether oxygens (including phenoxy) is 3. The third-order valence-electron chi connectivity index (χ3n) is 6.34. The number of hydrogen-bond donors (Lipinski definition) is 0. The molecule has 0 aromatic heterocycles. The van der Waals surface area contributed by atoms with Crippen LogP contribution in [-0.4, -0.2) is 73.6 Å². The van der Waals surface area contributed by atoms with E-state index in [-0.39, 0.29) is 25.3 Å². The average molecular weight is 484 g/mol. The molecule has 1 atom stereocenters. The largest absolute Gasteiger partial charge is 0.494 e. The van der Waals surface area contributed by atoms with Crippen LogP contribution in [0.2, 0.25) is 0 Å². The van der Waals surface area contributed by atoms with Crippen molar-refractivity contribution in [2.45, 2.75) is 18.6 Å². The molecule has 3 amide bonds. The van der Waals surface area contributed by atoms with Crippen molar-refractivity contribution in [3.05, 3.63) is 48.0 Å². The number of amides is 3. The third kappa shape index (κ3) is 4.75. The minimum Gasteiger partial charge on any atom is -0.494 e. The van der Waals surface area contributed by atoms with Crippen molar-refractivity contribution < 1.29 is 23.8 Å². The van der Waals surface area contributed by atoms with Gasteiger partial charge in [0, 0.05) is 42.9 Å². The van der Waals surface area contributed by atoms with Crippen LogP contribution in [0.25, 0.3) is 0 Å². The molecular weight excluding hydrogens is 454 g/mol. The van der Waals surface area contributed by atoms with Crippen molar-refractivity contribution in [2.75, 3.05) is 56.8 Å². The van der Waals surface area contributed by atoms with Crippen LogP contribution in [0.1, 0.15) is 24.2 Å². The number of fused-ring (bicyclic) bond motifs is 1. The fourth-order valence-electron chi connectivity index (χ4n) is 4.52. The number of rotatable bonds is 6. The summed E-state index contributed by atoms with van der Waals surface area (Å²) in [5.74, 6) is 3.22. The van der Waals surface area contributed by atoms with Crippen molar-refractivity contribution in [1.82, 2.24) is 9.80 Å². The maximum Gasteiger partial charge on any atom is 0.325 e. The van der Waals surface area contributed by atoms with Gasteiger partial charge in [-0.1, -0.05) is 6.07 Å². The molecule has 2 aromatic rings. The summed E-state index contributed by atoms with van der Waals surface area (Å²) in [5.41, 5.74) is 2.02. The van der Waals surface area contributed by atoms with Crippen LogP contribution >= 0.6 is 11.8 Å². The summed E-state index contributed by atoms with van der Waals surface area (Å²) >= 11 is 1.86. The zero-order valence-corrected chi connectivity index (χ0v) is 20.1. The summed E-state index contributed by atoms with van der Waals surface area (Å²) in [6.45, 7) is 5.40. The van der Waals surface area contributed by atoms with Gasteiger partial charge in [0.05, 0.1) is 6.61 Å². The Morgan fingerprint density at radius 3 is 2.71 bits per heavy atom. The fraction of sp³-hybridized carbons (Fsp3) is 0.440. The number of nitrogens with zero attached hydrogens (tertiary/aromatic N) is 3. The molecule has 2 aromatic carbocycles. The lowest BCUT2D eigenvalue weighted by Crippen LogP contribution is -2.43. The molecule has 34 heavy (non-hydrogen) atoms. The molecule has 9 heteroatoms. The molecule has 3 aliphatic rings. The molecule has 0 radical (unpaired) electrons. The highest BCUT2D eigenvalue weighted by Crippen LogP contribution is 2.40. The van der Waals surface area contributed by atoms with Crippen LogP contribution < -0.4 is 19.1 Å². The van der Waals surface area contributed by atoms with Gasteiger partial charge in [0.2, 0.25) is 12.7 Å². The summed E-state index contributed by atoms with van der Waals surface area (Å²) in [6.07, 6.45) is 0.863. The smallest absolute Gasteiger partial charge is 0.325 e. The van der Waals surface area contributed by atoms with Crippen molar-refractivity contribution in [2.24, 2.45) is 0 Å². The van der Waals surface area contributed by atoms with Crippen LogP contribution in [0, 0.1) is 0 Å². The van der Waals surface area contributed by atoms with E-state index in [1.807, 2.05) is 53.9 Å². The van der Waals surface area contributed by atoms with Crippen LogP contribution in [0.5, 0.6) is 17.2 Å². The van der Waals surface area contributed by atoms with E-state index in [9.17, 15) is 9.59 Å². The molecule has 1 unspecified atom stereocenters. The Labute approximate surface area is 203 Å². The van der Waals surface area contributed by atoms with Crippen LogP contribution in [0.4, 0.5) is 10.5 Å². The Bertz CT molecular complexity index is 1050. The molecule has 2 saturated heterocycles. The maximum atomic E-state index is 13.1. The number of carbonyl (C=O) groups is 2. The number of benzene rings is 2. The summed E-state index contributed by atoms with van der Waals surface area (Å²) < 4.78 is 16.4. The van der Waals surface area contributed by atoms with Gasteiger partial charge in [-0.2, -0.15) is 11.8 Å². The lowest BCUT2D eigenvalue weighted by molar-refractivity contribution is -0.131. The van der Waals surface area contributed by atoms with E-state index in [1.165, 1.54) is 5.56 Å². The highest BCUT2D eigenvalue weighted by atomic mass is 32.2. The second-order valence-electron chi connectivity index (χ2n) is 8.42. The fourth-order valence-corrected chi connectivity index (χ4v) is 5.74. The van der Waals surface area contributed by atoms with Crippen LogP contribution in [0.3, 0.4) is 0 Å². The highest BCUT2D eigenvalue weighted by molar-refractivity contribution is 7.99. The number of anilines is 1. The zero-order valence-electron chi connectivity index (χ0n) is 19.3. The van der Waals surface area contributed by atoms with Crippen molar-refractivity contribution in [1.29, 1.82) is 0 Å². The number of hydrogen-bond acceptors (Lipinski definition) is 6. The molecular formula is C25H29N3O5S. The minimum atomic E-state index is -0.125. The predicted molar refractivity (Wildman–Crippen MR) is 131 cm³/mol. The van der Waals surface area contributed by atoms with Gasteiger partial charge in [-0.05, 0) is 55.3 Å². The molecule has 180 valence electrons. The van der Waals surface area contributed by atoms with Crippen molar-refractivity contribution >= 4 is 29.4 Å². The standard InChI is InChI=1S/C25H29N3O5S/c1-2-31-20-6-4-19(5-7-20)28-12-11-27(25(28)30)16-24(29)26-10-9-23(34-14-13-26)18-3-8-21-22(15-18)33-17-32-21/h3-8,15,23H,2,9-14,16-17H2,1H3. The molecule has 3 aliphatic heterocycles. The Morgan fingerprint density at radius 1 is 1.06 bits per heavy atom. The molecule has 0 bridgehead atoms. The SMILES string of the molecule is CCOc1ccc(N2CCN(CC(=O)N3CCSC(c4ccc5c(c4)OCO5)CC3)C2=O)cc1. The number of carbonyl (C=O) groups excluding carboxylic acids is 2. The normalized spacial score (nSPS) is 20.0. The number of urea groups is 1. The highest BCUT2D eigenvalue weighted by Gasteiger charge is 2.32. The van der Waals surface area contributed by atoms with Crippen LogP contribution in [-0.2, 0) is 4.79 Å². The molecule has 5 rings (SSSR count). The van der Waals surface area contributed by atoms with Gasteiger partial charge in [-0.25, -0.2) is 4.79 Å². The minimum absolute atomic E-state index is 0.00818. The van der Waals surface area contributed by atoms with Crippen LogP contribution in [0.15, 0.2) is 42.5 Å². The Hall–Kier alpha value is -3.07. The quantitative estimate of drug-likeness (QED) is 0.623. The van der Waals surface area contributed by atoms with Crippen molar-refractivity contribution in [3.63, 3.8) is 0 Å². The first-order valence-electron chi connectivity index (χ1n) is 11.7. The van der Waals surface area contributed by atoms with E-state index in [4.69, 9.17) is 14.2 Å². The Morgan fingerprint density at radius 2 is 1.88 bits per heavy atom. The van der Waals surface area contributed by atoms with Crippen molar-refractivity contribution in [3.8, 4) is 17.2 Å². The number of thioether (sulfide) groups is 1. The van der Waals surface area contributed by atoms with Gasteiger partial charge in [-0.3, -0.25) is 9.69 Å². The lowest BCUT2D eigenvalue weighted by Gasteiger charge is -2.24. The third-order valence-corrected chi connectivity index (χ3v) is 7.67. The molecule has 0 spiro atoms. The van der Waals surface area contributed by atoms with E-state index in [0.717, 1.165) is 35.1 Å². The molecule has 0 saturated carbocycles. The summed E-state index contributed by atoms with van der Waals surface area (Å²) in [6, 6.07) is 13.5.